The summed E-state index contributed by atoms with van der Waals surface area (Å²) in [6.45, 7) is 1.84. The molecule has 0 aliphatic heterocycles. The van der Waals surface area contributed by atoms with Gasteiger partial charge >= 0.3 is 6.18 Å². The van der Waals surface area contributed by atoms with Crippen molar-refractivity contribution in [3.63, 3.8) is 0 Å². The first kappa shape index (κ1) is 19.3. The number of hydrogen-bond acceptors (Lipinski definition) is 3. The van der Waals surface area contributed by atoms with E-state index >= 15 is 0 Å². The van der Waals surface area contributed by atoms with Gasteiger partial charge in [0.1, 0.15) is 12.2 Å². The van der Waals surface area contributed by atoms with Crippen LogP contribution in [0.25, 0.3) is 0 Å². The fourth-order valence-electron chi connectivity index (χ4n) is 2.21. The van der Waals surface area contributed by atoms with E-state index in [1.54, 1.807) is 12.1 Å². The summed E-state index contributed by atoms with van der Waals surface area (Å²) < 4.78 is 42.6. The Kier molecular flexibility index (Phi) is 5.86. The fraction of sp³-hybridized carbons (Fsp3) is 0.222. The van der Waals surface area contributed by atoms with Crippen molar-refractivity contribution < 1.29 is 27.5 Å². The van der Waals surface area contributed by atoms with Gasteiger partial charge in [0.25, 0.3) is 0 Å². The molecule has 0 unspecified atom stereocenters. The lowest BCUT2D eigenvalue weighted by molar-refractivity contribution is -0.137. The van der Waals surface area contributed by atoms with E-state index in [0.29, 0.717) is 11.4 Å². The van der Waals surface area contributed by atoms with Crippen LogP contribution < -0.4 is 15.4 Å². The molecule has 26 heavy (non-hydrogen) atoms. The molecule has 0 saturated heterocycles. The van der Waals surface area contributed by atoms with Crippen LogP contribution in [0.4, 0.5) is 24.5 Å². The number of ether oxygens (including phenoxy) is 1. The van der Waals surface area contributed by atoms with Crippen molar-refractivity contribution in [2.45, 2.75) is 19.5 Å². The van der Waals surface area contributed by atoms with Crippen molar-refractivity contribution in [2.24, 2.45) is 0 Å². The number of anilines is 2. The van der Waals surface area contributed by atoms with E-state index < -0.39 is 30.0 Å². The molecule has 0 radical (unpaired) electrons. The van der Waals surface area contributed by atoms with Gasteiger partial charge < -0.3 is 15.4 Å². The minimum Gasteiger partial charge on any atom is -0.495 e. The Balaban J connectivity index is 1.95. The van der Waals surface area contributed by atoms with Crippen LogP contribution in [-0.4, -0.2) is 18.9 Å². The van der Waals surface area contributed by atoms with Crippen LogP contribution in [0.2, 0.25) is 0 Å². The summed E-state index contributed by atoms with van der Waals surface area (Å²) in [4.78, 5) is 23.9. The number of benzene rings is 2. The Bertz CT molecular complexity index is 802. The first-order valence-corrected chi connectivity index (χ1v) is 7.60. The van der Waals surface area contributed by atoms with Gasteiger partial charge in [-0.1, -0.05) is 6.07 Å². The van der Waals surface area contributed by atoms with Crippen molar-refractivity contribution in [1.29, 1.82) is 0 Å². The van der Waals surface area contributed by atoms with Gasteiger partial charge in [-0.2, -0.15) is 13.2 Å². The monoisotopic (exact) mass is 366 g/mol. The van der Waals surface area contributed by atoms with E-state index in [2.05, 4.69) is 10.6 Å². The van der Waals surface area contributed by atoms with Crippen LogP contribution in [0.5, 0.6) is 5.75 Å². The zero-order chi connectivity index (χ0) is 19.3. The summed E-state index contributed by atoms with van der Waals surface area (Å²) in [5.41, 5.74) is 0.679. The summed E-state index contributed by atoms with van der Waals surface area (Å²) in [6, 6.07) is 9.16. The lowest BCUT2D eigenvalue weighted by Gasteiger charge is -2.11. The molecule has 0 bridgehead atoms. The molecule has 0 aliphatic rings. The Labute approximate surface area is 148 Å². The molecule has 2 aromatic carbocycles. The zero-order valence-corrected chi connectivity index (χ0v) is 14.1. The van der Waals surface area contributed by atoms with E-state index in [4.69, 9.17) is 4.74 Å². The third kappa shape index (κ3) is 5.23. The predicted molar refractivity (Wildman–Crippen MR) is 91.1 cm³/mol. The maximum atomic E-state index is 12.5. The van der Waals surface area contributed by atoms with Gasteiger partial charge in [-0.05, 0) is 48.9 Å². The van der Waals surface area contributed by atoms with Gasteiger partial charge in [-0.15, -0.1) is 0 Å². The number of amides is 2. The maximum absolute atomic E-state index is 12.5. The molecule has 0 aliphatic carbocycles. The summed E-state index contributed by atoms with van der Waals surface area (Å²) in [7, 11) is 1.46. The Morgan fingerprint density at radius 1 is 1.00 bits per heavy atom. The van der Waals surface area contributed by atoms with Crippen molar-refractivity contribution in [3.05, 3.63) is 53.6 Å². The normalized spacial score (nSPS) is 11.0. The van der Waals surface area contributed by atoms with Gasteiger partial charge in [0, 0.05) is 5.69 Å². The molecule has 0 atom stereocenters. The van der Waals surface area contributed by atoms with E-state index in [0.717, 1.165) is 29.8 Å². The van der Waals surface area contributed by atoms with Gasteiger partial charge in [-0.3, -0.25) is 9.59 Å². The molecule has 0 spiro atoms. The van der Waals surface area contributed by atoms with Crippen LogP contribution in [0.1, 0.15) is 17.5 Å². The minimum atomic E-state index is -4.45. The summed E-state index contributed by atoms with van der Waals surface area (Å²) in [6.07, 6.45) is -4.94. The van der Waals surface area contributed by atoms with E-state index in [-0.39, 0.29) is 5.69 Å². The number of carbonyl (C=O) groups excluding carboxylic acids is 2. The molecule has 0 heterocycles. The zero-order valence-electron chi connectivity index (χ0n) is 14.1. The number of aryl methyl sites for hydroxylation is 1. The predicted octanol–water partition coefficient (Wildman–Crippen LogP) is 3.99. The Morgan fingerprint density at radius 3 is 2.19 bits per heavy atom. The second kappa shape index (κ2) is 7.90. The van der Waals surface area contributed by atoms with Crippen molar-refractivity contribution in [1.82, 2.24) is 0 Å². The van der Waals surface area contributed by atoms with Crippen molar-refractivity contribution in [3.8, 4) is 5.75 Å². The van der Waals surface area contributed by atoms with Crippen LogP contribution in [-0.2, 0) is 15.8 Å². The molecule has 2 amide bonds. The lowest BCUT2D eigenvalue weighted by Crippen LogP contribution is -2.21. The number of nitrogens with one attached hydrogen (secondary N) is 2. The van der Waals surface area contributed by atoms with Gasteiger partial charge in [0.15, 0.2) is 0 Å². The fourth-order valence-corrected chi connectivity index (χ4v) is 2.21. The summed E-state index contributed by atoms with van der Waals surface area (Å²) >= 11 is 0. The molecule has 2 rings (SSSR count). The largest absolute Gasteiger partial charge is 0.495 e. The highest BCUT2D eigenvalue weighted by Gasteiger charge is 2.30. The van der Waals surface area contributed by atoms with Crippen molar-refractivity contribution in [2.75, 3.05) is 17.7 Å². The average molecular weight is 366 g/mol. The van der Waals surface area contributed by atoms with E-state index in [9.17, 15) is 22.8 Å². The number of carbonyl (C=O) groups is 2. The molecule has 5 nitrogen and oxygen atoms in total. The first-order valence-electron chi connectivity index (χ1n) is 7.60. The molecule has 2 N–H and O–H groups in total. The minimum absolute atomic E-state index is 0.170. The summed E-state index contributed by atoms with van der Waals surface area (Å²) in [5.74, 6) is -0.765. The van der Waals surface area contributed by atoms with E-state index in [1.807, 2.05) is 13.0 Å². The molecule has 0 saturated carbocycles. The Morgan fingerprint density at radius 2 is 1.62 bits per heavy atom. The number of methoxy groups -OCH3 is 1. The molecular weight excluding hydrogens is 349 g/mol. The molecular formula is C18H17F3N2O3. The number of alkyl halides is 3. The van der Waals surface area contributed by atoms with E-state index in [1.165, 1.54) is 7.11 Å². The molecule has 8 heteroatoms. The maximum Gasteiger partial charge on any atom is 0.416 e. The topological polar surface area (TPSA) is 67.4 Å². The second-order valence-corrected chi connectivity index (χ2v) is 5.55. The van der Waals surface area contributed by atoms with Crippen molar-refractivity contribution >= 4 is 23.2 Å². The highest BCUT2D eigenvalue weighted by molar-refractivity contribution is 6.08. The van der Waals surface area contributed by atoms with Crippen LogP contribution in [0, 0.1) is 6.92 Å². The molecule has 138 valence electrons. The second-order valence-electron chi connectivity index (χ2n) is 5.55. The van der Waals surface area contributed by atoms with Gasteiger partial charge in [0.2, 0.25) is 11.8 Å². The number of hydrogen-bond donors (Lipinski definition) is 2. The lowest BCUT2D eigenvalue weighted by atomic mass is 10.2. The highest BCUT2D eigenvalue weighted by Crippen LogP contribution is 2.30. The quantitative estimate of drug-likeness (QED) is 0.787. The standard InChI is InChI=1S/C18H17F3N2O3/c1-11-3-8-15(26-2)14(9-11)23-17(25)10-16(24)22-13-6-4-12(5-7-13)18(19,20)21/h3-9H,10H2,1-2H3,(H,22,24)(H,23,25). The molecule has 0 aromatic heterocycles. The highest BCUT2D eigenvalue weighted by atomic mass is 19.4. The van der Waals surface area contributed by atoms with Gasteiger partial charge in [-0.25, -0.2) is 0 Å². The van der Waals surface area contributed by atoms with Crippen LogP contribution in [0.15, 0.2) is 42.5 Å². The average Bonchev–Trinajstić information content (AvgIpc) is 2.54. The van der Waals surface area contributed by atoms with Gasteiger partial charge in [0.05, 0.1) is 18.4 Å². The van der Waals surface area contributed by atoms with Crippen LogP contribution in [0.3, 0.4) is 0 Å². The first-order chi connectivity index (χ1) is 12.2. The SMILES string of the molecule is COc1ccc(C)cc1NC(=O)CC(=O)Nc1ccc(C(F)(F)F)cc1. The third-order valence-corrected chi connectivity index (χ3v) is 3.45. The summed E-state index contributed by atoms with van der Waals surface area (Å²) in [5, 5.41) is 4.95. The number of rotatable bonds is 5. The molecule has 0 fully saturated rings. The van der Waals surface area contributed by atoms with Crippen LogP contribution >= 0.6 is 0 Å². The number of halogens is 3. The smallest absolute Gasteiger partial charge is 0.416 e. The Hall–Kier alpha value is -3.03. The third-order valence-electron chi connectivity index (χ3n) is 3.45. The molecule has 2 aromatic rings.